The van der Waals surface area contributed by atoms with E-state index < -0.39 is 4.92 Å². The van der Waals surface area contributed by atoms with Crippen LogP contribution in [0.1, 0.15) is 28.6 Å². The second-order valence-corrected chi connectivity index (χ2v) is 7.24. The first kappa shape index (κ1) is 20.7. The molecular formula is C21H18N6O2S. The number of nitro benzene ring substituents is 1. The minimum atomic E-state index is -0.437. The van der Waals surface area contributed by atoms with Gasteiger partial charge in [-0.1, -0.05) is 36.1 Å². The Morgan fingerprint density at radius 1 is 1.10 bits per heavy atom. The van der Waals surface area contributed by atoms with Crippen LogP contribution in [0.25, 0.3) is 10.6 Å². The van der Waals surface area contributed by atoms with Crippen molar-refractivity contribution in [1.82, 2.24) is 4.98 Å². The molecule has 0 atom stereocenters. The van der Waals surface area contributed by atoms with E-state index in [1.54, 1.807) is 18.2 Å². The Bertz CT molecular complexity index is 1210. The number of hydrogen-bond acceptors (Lipinski definition) is 6. The van der Waals surface area contributed by atoms with Gasteiger partial charge in [0.25, 0.3) is 5.69 Å². The van der Waals surface area contributed by atoms with Crippen molar-refractivity contribution in [3.05, 3.63) is 80.3 Å². The summed E-state index contributed by atoms with van der Waals surface area (Å²) in [5, 5.41) is 19.6. The number of thiazole rings is 1. The summed E-state index contributed by atoms with van der Waals surface area (Å²) in [4.78, 5) is 16.2. The Morgan fingerprint density at radius 3 is 2.47 bits per heavy atom. The van der Waals surface area contributed by atoms with Gasteiger partial charge in [-0.05, 0) is 32.0 Å². The Labute approximate surface area is 177 Å². The van der Waals surface area contributed by atoms with E-state index in [1.165, 1.54) is 17.4 Å². The number of rotatable bonds is 4. The van der Waals surface area contributed by atoms with Gasteiger partial charge >= 0.3 is 0 Å². The lowest BCUT2D eigenvalue weighted by Crippen LogP contribution is -2.22. The molecule has 30 heavy (non-hydrogen) atoms. The van der Waals surface area contributed by atoms with Crippen LogP contribution in [0, 0.1) is 28.9 Å². The van der Waals surface area contributed by atoms with Crippen molar-refractivity contribution >= 4 is 28.7 Å². The van der Waals surface area contributed by atoms with Crippen LogP contribution in [0.15, 0.2) is 58.7 Å². The van der Waals surface area contributed by atoms with E-state index in [4.69, 9.17) is 11.5 Å². The summed E-state index contributed by atoms with van der Waals surface area (Å²) in [6, 6.07) is 13.9. The monoisotopic (exact) mass is 418 g/mol. The fourth-order valence-electron chi connectivity index (χ4n) is 2.61. The molecule has 0 bridgehead atoms. The fourth-order valence-corrected chi connectivity index (χ4v) is 3.62. The van der Waals surface area contributed by atoms with Gasteiger partial charge in [0.1, 0.15) is 10.6 Å². The van der Waals surface area contributed by atoms with Crippen molar-refractivity contribution in [3.63, 3.8) is 0 Å². The first-order valence-electron chi connectivity index (χ1n) is 8.82. The molecule has 1 aromatic heterocycles. The van der Waals surface area contributed by atoms with Crippen molar-refractivity contribution in [2.75, 3.05) is 0 Å². The summed E-state index contributed by atoms with van der Waals surface area (Å²) >= 11 is 1.49. The molecule has 0 aliphatic heterocycles. The Morgan fingerprint density at radius 2 is 1.80 bits per heavy atom. The fraction of sp³-hybridized carbons (Fsp3) is 0.0952. The van der Waals surface area contributed by atoms with E-state index in [9.17, 15) is 10.1 Å². The van der Waals surface area contributed by atoms with Gasteiger partial charge in [0.05, 0.1) is 21.2 Å². The van der Waals surface area contributed by atoms with Crippen LogP contribution in [-0.2, 0) is 0 Å². The molecule has 0 unspecified atom stereocenters. The maximum absolute atomic E-state index is 11.1. The summed E-state index contributed by atoms with van der Waals surface area (Å²) in [7, 11) is 0. The third-order valence-electron chi connectivity index (χ3n) is 4.01. The predicted octanol–water partition coefficient (Wildman–Crippen LogP) is 3.42. The number of nitrogens with two attached hydrogens (primary N) is 2. The smallest absolute Gasteiger partial charge is 0.284 e. The average molecular weight is 418 g/mol. The number of hydrogen-bond donors (Lipinski definition) is 2. The third kappa shape index (κ3) is 4.87. The normalized spacial score (nSPS) is 10.8. The highest BCUT2D eigenvalue weighted by Gasteiger charge is 2.12. The SMILES string of the molecule is C/C(=N\N=C(N)N)c1sc(-c2ccc(C#Cc3ccccc3[N+](=O)[O-])cc2)nc1C. The van der Waals surface area contributed by atoms with Crippen LogP contribution in [0.5, 0.6) is 0 Å². The van der Waals surface area contributed by atoms with Crippen molar-refractivity contribution in [1.29, 1.82) is 0 Å². The molecule has 3 aromatic rings. The zero-order chi connectivity index (χ0) is 21.7. The molecule has 1 heterocycles. The largest absolute Gasteiger partial charge is 0.369 e. The molecule has 4 N–H and O–H groups in total. The lowest BCUT2D eigenvalue weighted by molar-refractivity contribution is -0.385. The minimum absolute atomic E-state index is 0.00910. The molecule has 0 saturated carbocycles. The van der Waals surface area contributed by atoms with Crippen LogP contribution in [-0.4, -0.2) is 21.6 Å². The highest BCUT2D eigenvalue weighted by Crippen LogP contribution is 2.28. The maximum Gasteiger partial charge on any atom is 0.284 e. The van der Waals surface area contributed by atoms with Crippen LogP contribution in [0.2, 0.25) is 0 Å². The zero-order valence-corrected chi connectivity index (χ0v) is 17.1. The van der Waals surface area contributed by atoms with E-state index in [1.807, 2.05) is 38.1 Å². The summed E-state index contributed by atoms with van der Waals surface area (Å²) in [6.45, 7) is 3.72. The number of benzene rings is 2. The molecule has 0 radical (unpaired) electrons. The molecule has 0 spiro atoms. The summed E-state index contributed by atoms with van der Waals surface area (Å²) in [5.74, 6) is 5.73. The summed E-state index contributed by atoms with van der Waals surface area (Å²) in [6.07, 6.45) is 0. The summed E-state index contributed by atoms with van der Waals surface area (Å²) < 4.78 is 0. The van der Waals surface area contributed by atoms with Crippen LogP contribution >= 0.6 is 11.3 Å². The van der Waals surface area contributed by atoms with Crippen LogP contribution in [0.4, 0.5) is 5.69 Å². The second-order valence-electron chi connectivity index (χ2n) is 6.25. The number of para-hydroxylation sites is 1. The third-order valence-corrected chi connectivity index (χ3v) is 5.33. The van der Waals surface area contributed by atoms with E-state index in [0.29, 0.717) is 11.3 Å². The molecule has 8 nitrogen and oxygen atoms in total. The average Bonchev–Trinajstić information content (AvgIpc) is 3.12. The topological polar surface area (TPSA) is 133 Å². The molecule has 150 valence electrons. The van der Waals surface area contributed by atoms with E-state index in [0.717, 1.165) is 26.7 Å². The van der Waals surface area contributed by atoms with Gasteiger partial charge in [-0.15, -0.1) is 16.4 Å². The summed E-state index contributed by atoms with van der Waals surface area (Å²) in [5.41, 5.74) is 14.2. The van der Waals surface area contributed by atoms with Crippen molar-refractivity contribution in [2.24, 2.45) is 21.7 Å². The number of nitrogens with zero attached hydrogens (tertiary/aromatic N) is 4. The highest BCUT2D eigenvalue weighted by molar-refractivity contribution is 7.17. The van der Waals surface area contributed by atoms with Gasteiger partial charge in [0, 0.05) is 17.2 Å². The van der Waals surface area contributed by atoms with Gasteiger partial charge in [-0.25, -0.2) is 4.98 Å². The molecule has 0 aliphatic carbocycles. The molecule has 3 rings (SSSR count). The molecule has 0 saturated heterocycles. The van der Waals surface area contributed by atoms with E-state index in [2.05, 4.69) is 27.0 Å². The van der Waals surface area contributed by atoms with Gasteiger partial charge in [0.15, 0.2) is 0 Å². The predicted molar refractivity (Wildman–Crippen MR) is 119 cm³/mol. The second kappa shape index (κ2) is 8.98. The van der Waals surface area contributed by atoms with E-state index in [-0.39, 0.29) is 11.6 Å². The zero-order valence-electron chi connectivity index (χ0n) is 16.3. The first-order valence-corrected chi connectivity index (χ1v) is 9.63. The van der Waals surface area contributed by atoms with Crippen LogP contribution < -0.4 is 11.5 Å². The molecule has 0 fully saturated rings. The molecule has 0 amide bonds. The molecule has 0 aliphatic rings. The number of aromatic nitrogens is 1. The number of aryl methyl sites for hydroxylation is 1. The van der Waals surface area contributed by atoms with Gasteiger partial charge in [-0.3, -0.25) is 10.1 Å². The Kier molecular flexibility index (Phi) is 6.20. The van der Waals surface area contributed by atoms with E-state index >= 15 is 0 Å². The maximum atomic E-state index is 11.1. The quantitative estimate of drug-likeness (QED) is 0.220. The lowest BCUT2D eigenvalue weighted by atomic mass is 10.1. The number of guanidine groups is 1. The first-order chi connectivity index (χ1) is 14.3. The molecule has 9 heteroatoms. The van der Waals surface area contributed by atoms with Crippen molar-refractivity contribution in [2.45, 2.75) is 13.8 Å². The molecular weight excluding hydrogens is 400 g/mol. The van der Waals surface area contributed by atoms with Crippen molar-refractivity contribution in [3.8, 4) is 22.4 Å². The van der Waals surface area contributed by atoms with Gasteiger partial charge < -0.3 is 11.5 Å². The van der Waals surface area contributed by atoms with Crippen LogP contribution in [0.3, 0.4) is 0 Å². The molecule has 2 aromatic carbocycles. The standard InChI is InChI=1S/C21H18N6O2S/c1-13-19(14(2)25-26-21(22)23)30-20(24-13)17-11-8-15(9-12-17)7-10-16-5-3-4-6-18(16)27(28)29/h3-6,8-9,11-12H,1-2H3,(H4,22,23,26)/b25-14+. The minimum Gasteiger partial charge on any atom is -0.369 e. The van der Waals surface area contributed by atoms with Gasteiger partial charge in [-0.2, -0.15) is 5.10 Å². The number of nitro groups is 1. The Hall–Kier alpha value is -4.03. The van der Waals surface area contributed by atoms with Gasteiger partial charge in [0.2, 0.25) is 5.96 Å². The highest BCUT2D eigenvalue weighted by atomic mass is 32.1. The lowest BCUT2D eigenvalue weighted by Gasteiger charge is -1.97. The Balaban J connectivity index is 1.85. The van der Waals surface area contributed by atoms with Crippen molar-refractivity contribution < 1.29 is 4.92 Å².